The minimum atomic E-state index is 0.688. The normalized spacial score (nSPS) is 21.9. The van der Waals surface area contributed by atoms with Gasteiger partial charge in [0.2, 0.25) is 0 Å². The molecular formula is C17H30N2O. The molecule has 114 valence electrons. The van der Waals surface area contributed by atoms with E-state index in [0.717, 1.165) is 43.0 Å². The van der Waals surface area contributed by atoms with E-state index in [9.17, 15) is 0 Å². The molecule has 1 aromatic rings. The van der Waals surface area contributed by atoms with Crippen molar-refractivity contribution in [2.75, 3.05) is 20.1 Å². The van der Waals surface area contributed by atoms with Crippen LogP contribution in [0.25, 0.3) is 0 Å². The maximum Gasteiger partial charge on any atom is 0.118 e. The molecule has 3 nitrogen and oxygen atoms in total. The number of furan rings is 1. The van der Waals surface area contributed by atoms with E-state index in [0.29, 0.717) is 5.92 Å². The Balaban J connectivity index is 1.80. The van der Waals surface area contributed by atoms with Gasteiger partial charge in [-0.15, -0.1) is 0 Å². The molecule has 0 aliphatic heterocycles. The van der Waals surface area contributed by atoms with E-state index >= 15 is 0 Å². The molecule has 1 N–H and O–H groups in total. The third kappa shape index (κ3) is 4.64. The monoisotopic (exact) mass is 278 g/mol. The second-order valence-electron chi connectivity index (χ2n) is 6.99. The Morgan fingerprint density at radius 1 is 1.45 bits per heavy atom. The molecule has 1 saturated carbocycles. The lowest BCUT2D eigenvalue weighted by Crippen LogP contribution is -2.20. The summed E-state index contributed by atoms with van der Waals surface area (Å²) in [6.07, 6.45) is 1.39. The van der Waals surface area contributed by atoms with Gasteiger partial charge in [-0.25, -0.2) is 0 Å². The Bertz CT molecular complexity index is 425. The van der Waals surface area contributed by atoms with Gasteiger partial charge in [0.15, 0.2) is 0 Å². The van der Waals surface area contributed by atoms with Gasteiger partial charge in [-0.1, -0.05) is 20.8 Å². The first-order valence-electron chi connectivity index (χ1n) is 7.93. The van der Waals surface area contributed by atoms with Crippen LogP contribution < -0.4 is 5.32 Å². The summed E-state index contributed by atoms with van der Waals surface area (Å²) in [6, 6.07) is 2.22. The predicted molar refractivity (Wildman–Crippen MR) is 83.6 cm³/mol. The molecule has 1 heterocycles. The Morgan fingerprint density at radius 2 is 2.15 bits per heavy atom. The van der Waals surface area contributed by atoms with Gasteiger partial charge < -0.3 is 9.73 Å². The number of rotatable bonds is 8. The lowest BCUT2D eigenvalue weighted by atomic mass is 10.2. The molecule has 3 heteroatoms. The van der Waals surface area contributed by atoms with Gasteiger partial charge in [0, 0.05) is 18.7 Å². The van der Waals surface area contributed by atoms with Crippen molar-refractivity contribution in [1.82, 2.24) is 10.2 Å². The van der Waals surface area contributed by atoms with Crippen molar-refractivity contribution in [3.8, 4) is 0 Å². The molecular weight excluding hydrogens is 248 g/mol. The summed E-state index contributed by atoms with van der Waals surface area (Å²) in [4.78, 5) is 2.39. The van der Waals surface area contributed by atoms with E-state index in [1.165, 1.54) is 18.5 Å². The summed E-state index contributed by atoms with van der Waals surface area (Å²) in [5.41, 5.74) is 1.30. The second kappa shape index (κ2) is 6.77. The van der Waals surface area contributed by atoms with Crippen LogP contribution in [0.2, 0.25) is 0 Å². The zero-order valence-corrected chi connectivity index (χ0v) is 13.7. The fourth-order valence-electron chi connectivity index (χ4n) is 2.72. The first-order valence-corrected chi connectivity index (χ1v) is 7.93. The largest absolute Gasteiger partial charge is 0.465 e. The van der Waals surface area contributed by atoms with Crippen LogP contribution >= 0.6 is 0 Å². The molecule has 1 fully saturated rings. The van der Waals surface area contributed by atoms with Crippen molar-refractivity contribution in [3.63, 3.8) is 0 Å². The summed E-state index contributed by atoms with van der Waals surface area (Å²) >= 11 is 0. The molecule has 0 aromatic carbocycles. The van der Waals surface area contributed by atoms with Gasteiger partial charge in [0.05, 0.1) is 6.54 Å². The third-order valence-corrected chi connectivity index (χ3v) is 4.19. The lowest BCUT2D eigenvalue weighted by Gasteiger charge is -2.14. The summed E-state index contributed by atoms with van der Waals surface area (Å²) in [6.45, 7) is 13.0. The van der Waals surface area contributed by atoms with Crippen LogP contribution in [-0.2, 0) is 13.1 Å². The summed E-state index contributed by atoms with van der Waals surface area (Å²) in [5.74, 6) is 4.67. The molecule has 0 spiro atoms. The van der Waals surface area contributed by atoms with E-state index in [2.05, 4.69) is 51.0 Å². The zero-order chi connectivity index (χ0) is 14.7. The molecule has 0 amide bonds. The topological polar surface area (TPSA) is 28.4 Å². The van der Waals surface area contributed by atoms with Crippen molar-refractivity contribution >= 4 is 0 Å². The average molecular weight is 278 g/mol. The molecule has 20 heavy (non-hydrogen) atoms. The minimum Gasteiger partial charge on any atom is -0.465 e. The Labute approximate surface area is 123 Å². The molecule has 2 atom stereocenters. The highest BCUT2D eigenvalue weighted by molar-refractivity contribution is 5.20. The standard InChI is InChI=1S/C17H30N2O/c1-12(2)8-18-9-15-7-17(20-14(15)4)11-19(5)10-16-6-13(16)3/h7,12-13,16,18H,6,8-11H2,1-5H3. The number of nitrogens with one attached hydrogen (secondary N) is 1. The van der Waals surface area contributed by atoms with Gasteiger partial charge in [-0.3, -0.25) is 4.90 Å². The minimum absolute atomic E-state index is 0.688. The van der Waals surface area contributed by atoms with Crippen LogP contribution in [-0.4, -0.2) is 25.0 Å². The van der Waals surface area contributed by atoms with Crippen molar-refractivity contribution < 1.29 is 4.42 Å². The quantitative estimate of drug-likeness (QED) is 0.790. The van der Waals surface area contributed by atoms with Gasteiger partial charge in [-0.2, -0.15) is 0 Å². The number of nitrogens with zero attached hydrogens (tertiary/aromatic N) is 1. The molecule has 2 unspecified atom stereocenters. The van der Waals surface area contributed by atoms with E-state index in [-0.39, 0.29) is 0 Å². The maximum atomic E-state index is 5.89. The number of hydrogen-bond donors (Lipinski definition) is 1. The summed E-state index contributed by atoms with van der Waals surface area (Å²) < 4.78 is 5.89. The molecule has 0 radical (unpaired) electrons. The van der Waals surface area contributed by atoms with Crippen LogP contribution in [0.4, 0.5) is 0 Å². The fraction of sp³-hybridized carbons (Fsp3) is 0.765. The average Bonchev–Trinajstić information content (AvgIpc) is 2.90. The van der Waals surface area contributed by atoms with E-state index in [1.54, 1.807) is 0 Å². The van der Waals surface area contributed by atoms with Crippen LogP contribution in [0, 0.1) is 24.7 Å². The van der Waals surface area contributed by atoms with Crippen molar-refractivity contribution in [1.29, 1.82) is 0 Å². The SMILES string of the molecule is Cc1oc(CN(C)CC2CC2C)cc1CNCC(C)C. The van der Waals surface area contributed by atoms with Crippen molar-refractivity contribution in [3.05, 3.63) is 23.2 Å². The lowest BCUT2D eigenvalue weighted by molar-refractivity contribution is 0.278. The molecule has 1 aromatic heterocycles. The predicted octanol–water partition coefficient (Wildman–Crippen LogP) is 3.42. The molecule has 0 saturated heterocycles. The van der Waals surface area contributed by atoms with Crippen LogP contribution in [0.3, 0.4) is 0 Å². The maximum absolute atomic E-state index is 5.89. The first-order chi connectivity index (χ1) is 9.45. The molecule has 1 aliphatic rings. The first kappa shape index (κ1) is 15.6. The Kier molecular flexibility index (Phi) is 5.28. The van der Waals surface area contributed by atoms with Crippen molar-refractivity contribution in [2.45, 2.75) is 47.2 Å². The number of aryl methyl sites for hydroxylation is 1. The third-order valence-electron chi connectivity index (χ3n) is 4.19. The highest BCUT2D eigenvalue weighted by Gasteiger charge is 2.33. The Morgan fingerprint density at radius 3 is 2.75 bits per heavy atom. The zero-order valence-electron chi connectivity index (χ0n) is 13.7. The van der Waals surface area contributed by atoms with Crippen molar-refractivity contribution in [2.24, 2.45) is 17.8 Å². The van der Waals surface area contributed by atoms with Gasteiger partial charge in [-0.05, 0) is 50.8 Å². The smallest absolute Gasteiger partial charge is 0.118 e. The fourth-order valence-corrected chi connectivity index (χ4v) is 2.72. The van der Waals surface area contributed by atoms with Crippen LogP contribution in [0.1, 0.15) is 44.3 Å². The summed E-state index contributed by atoms with van der Waals surface area (Å²) in [7, 11) is 2.19. The molecule has 1 aliphatic carbocycles. The van der Waals surface area contributed by atoms with Gasteiger partial charge >= 0.3 is 0 Å². The Hall–Kier alpha value is -0.800. The van der Waals surface area contributed by atoms with E-state index < -0.39 is 0 Å². The van der Waals surface area contributed by atoms with E-state index in [4.69, 9.17) is 4.42 Å². The number of hydrogen-bond acceptors (Lipinski definition) is 3. The molecule has 0 bridgehead atoms. The van der Waals surface area contributed by atoms with E-state index in [1.807, 2.05) is 0 Å². The highest BCUT2D eigenvalue weighted by atomic mass is 16.3. The highest BCUT2D eigenvalue weighted by Crippen LogP contribution is 2.38. The van der Waals surface area contributed by atoms with Gasteiger partial charge in [0.1, 0.15) is 11.5 Å². The molecule has 2 rings (SSSR count). The van der Waals surface area contributed by atoms with Crippen LogP contribution in [0.15, 0.2) is 10.5 Å². The summed E-state index contributed by atoms with van der Waals surface area (Å²) in [5, 5.41) is 3.48. The van der Waals surface area contributed by atoms with Gasteiger partial charge in [0.25, 0.3) is 0 Å². The van der Waals surface area contributed by atoms with Crippen LogP contribution in [0.5, 0.6) is 0 Å². The second-order valence-corrected chi connectivity index (χ2v) is 6.99.